The molecule has 0 atom stereocenters. The van der Waals surface area contributed by atoms with Crippen LogP contribution in [-0.2, 0) is 0 Å². The Morgan fingerprint density at radius 1 is 0.875 bits per heavy atom. The number of hydrogen-bond donors (Lipinski definition) is 0. The van der Waals surface area contributed by atoms with E-state index in [-0.39, 0.29) is 0 Å². The van der Waals surface area contributed by atoms with E-state index < -0.39 is 0 Å². The molecule has 0 N–H and O–H groups in total. The number of benzene rings is 1. The summed E-state index contributed by atoms with van der Waals surface area (Å²) in [4.78, 5) is 0. The molecule has 0 radical (unpaired) electrons. The van der Waals surface area contributed by atoms with Gasteiger partial charge in [-0.15, -0.1) is 0 Å². The zero-order valence-corrected chi connectivity index (χ0v) is 14.6. The van der Waals surface area contributed by atoms with Crippen LogP contribution in [0.4, 0.5) is 0 Å². The van der Waals surface area contributed by atoms with Crippen LogP contribution in [0.15, 0.2) is 12.1 Å². The first-order valence-corrected chi connectivity index (χ1v) is 7.79. The molecule has 0 saturated heterocycles. The first-order chi connectivity index (χ1) is 7.74. The minimum atomic E-state index is 0.619. The number of rotatable bonds is 6. The summed E-state index contributed by atoms with van der Waals surface area (Å²) in [5, 5.41) is 0. The predicted molar refractivity (Wildman–Crippen MR) is 68.1 cm³/mol. The zero-order valence-electron chi connectivity index (χ0n) is 10.1. The SMILES string of the molecule is CCOc1cc[c]([BiH2])c(OCC)c1OCC. The fraction of sp³-hybridized carbons (Fsp3) is 0.500. The summed E-state index contributed by atoms with van der Waals surface area (Å²) >= 11 is 0.724. The van der Waals surface area contributed by atoms with Crippen molar-refractivity contribution in [3.05, 3.63) is 12.1 Å². The van der Waals surface area contributed by atoms with Gasteiger partial charge in [0.2, 0.25) is 0 Å². The molecule has 0 spiro atoms. The van der Waals surface area contributed by atoms with Crippen molar-refractivity contribution in [3.63, 3.8) is 0 Å². The Morgan fingerprint density at radius 2 is 1.44 bits per heavy atom. The average molecular weight is 420 g/mol. The van der Waals surface area contributed by atoms with E-state index >= 15 is 0 Å². The summed E-state index contributed by atoms with van der Waals surface area (Å²) in [6.07, 6.45) is 0. The van der Waals surface area contributed by atoms with E-state index in [4.69, 9.17) is 14.2 Å². The quantitative estimate of drug-likeness (QED) is 0.647. The van der Waals surface area contributed by atoms with Gasteiger partial charge in [0.15, 0.2) is 0 Å². The topological polar surface area (TPSA) is 27.7 Å². The van der Waals surface area contributed by atoms with E-state index in [1.807, 2.05) is 26.8 Å². The molecule has 90 valence electrons. The number of hydrogen-bond acceptors (Lipinski definition) is 3. The first kappa shape index (κ1) is 13.6. The van der Waals surface area contributed by atoms with Gasteiger partial charge in [-0.05, 0) is 0 Å². The van der Waals surface area contributed by atoms with E-state index in [1.165, 1.54) is 3.27 Å². The van der Waals surface area contributed by atoms with Crippen LogP contribution < -0.4 is 17.5 Å². The Hall–Kier alpha value is -0.497. The van der Waals surface area contributed by atoms with Crippen LogP contribution in [-0.4, -0.2) is 44.5 Å². The first-order valence-electron chi connectivity index (χ1n) is 5.55. The minimum absolute atomic E-state index is 0.619. The maximum atomic E-state index is 5.64. The molecule has 0 aliphatic rings. The van der Waals surface area contributed by atoms with Gasteiger partial charge in [-0.2, -0.15) is 0 Å². The molecule has 0 heterocycles. The maximum absolute atomic E-state index is 5.64. The normalized spacial score (nSPS) is 10.0. The van der Waals surface area contributed by atoms with Crippen molar-refractivity contribution in [1.29, 1.82) is 0 Å². The Labute approximate surface area is 112 Å². The Morgan fingerprint density at radius 3 is 2.00 bits per heavy atom. The van der Waals surface area contributed by atoms with Crippen LogP contribution in [0.25, 0.3) is 0 Å². The predicted octanol–water partition coefficient (Wildman–Crippen LogP) is 1.14. The van der Waals surface area contributed by atoms with E-state index in [9.17, 15) is 0 Å². The second-order valence-electron chi connectivity index (χ2n) is 3.11. The van der Waals surface area contributed by atoms with E-state index in [1.54, 1.807) is 0 Å². The molecule has 1 aromatic rings. The Kier molecular flexibility index (Phi) is 5.90. The van der Waals surface area contributed by atoms with Gasteiger partial charge in [-0.3, -0.25) is 0 Å². The molecule has 1 rings (SSSR count). The summed E-state index contributed by atoms with van der Waals surface area (Å²) in [6.45, 7) is 7.81. The van der Waals surface area contributed by atoms with Crippen molar-refractivity contribution in [1.82, 2.24) is 0 Å². The van der Waals surface area contributed by atoms with Gasteiger partial charge in [0.1, 0.15) is 0 Å². The number of ether oxygens (including phenoxy) is 3. The van der Waals surface area contributed by atoms with Crippen LogP contribution in [0.3, 0.4) is 0 Å². The summed E-state index contributed by atoms with van der Waals surface area (Å²) in [6, 6.07) is 4.02. The molecule has 0 unspecified atom stereocenters. The monoisotopic (exact) mass is 420 g/mol. The van der Waals surface area contributed by atoms with Crippen molar-refractivity contribution < 1.29 is 14.2 Å². The van der Waals surface area contributed by atoms with Crippen LogP contribution in [0.2, 0.25) is 0 Å². The van der Waals surface area contributed by atoms with E-state index in [2.05, 4.69) is 6.07 Å². The molecular formula is C12H19BiO3. The van der Waals surface area contributed by atoms with Gasteiger partial charge < -0.3 is 0 Å². The standard InChI is InChI=1S/C12H17O3.Bi.2H/c1-4-13-10-8-7-9-11(14-5-2)12(10)15-6-3;;;/h7-8H,4-6H2,1-3H3;;;. The van der Waals surface area contributed by atoms with Crippen LogP contribution in [0.5, 0.6) is 17.2 Å². The van der Waals surface area contributed by atoms with Crippen molar-refractivity contribution in [3.8, 4) is 17.2 Å². The third-order valence-corrected chi connectivity index (χ3v) is 3.75. The zero-order chi connectivity index (χ0) is 12.0. The molecule has 0 saturated carbocycles. The van der Waals surface area contributed by atoms with Crippen LogP contribution in [0, 0.1) is 0 Å². The Balaban J connectivity index is 3.14. The van der Waals surface area contributed by atoms with Gasteiger partial charge in [-0.1, -0.05) is 0 Å². The molecular weight excluding hydrogens is 401 g/mol. The fourth-order valence-corrected chi connectivity index (χ4v) is 2.61. The second kappa shape index (κ2) is 6.95. The summed E-state index contributed by atoms with van der Waals surface area (Å²) in [7, 11) is 0. The third-order valence-electron chi connectivity index (χ3n) is 1.98. The van der Waals surface area contributed by atoms with Gasteiger partial charge >= 0.3 is 112 Å². The Bertz CT molecular complexity index is 339. The van der Waals surface area contributed by atoms with Crippen LogP contribution >= 0.6 is 0 Å². The van der Waals surface area contributed by atoms with Gasteiger partial charge in [0.05, 0.1) is 0 Å². The molecule has 0 fully saturated rings. The molecule has 0 aromatic heterocycles. The molecule has 0 aliphatic heterocycles. The summed E-state index contributed by atoms with van der Waals surface area (Å²) in [5.74, 6) is 2.39. The second-order valence-corrected chi connectivity index (χ2v) is 5.53. The summed E-state index contributed by atoms with van der Waals surface area (Å²) < 4.78 is 18.1. The molecule has 0 bridgehead atoms. The van der Waals surface area contributed by atoms with E-state index in [0.717, 1.165) is 42.0 Å². The van der Waals surface area contributed by atoms with Crippen LogP contribution in [0.1, 0.15) is 20.8 Å². The van der Waals surface area contributed by atoms with Crippen molar-refractivity contribution in [2.45, 2.75) is 20.8 Å². The molecule has 4 heteroatoms. The van der Waals surface area contributed by atoms with Gasteiger partial charge in [-0.25, -0.2) is 0 Å². The summed E-state index contributed by atoms with van der Waals surface area (Å²) in [5.41, 5.74) is 0. The molecule has 0 aliphatic carbocycles. The van der Waals surface area contributed by atoms with E-state index in [0.29, 0.717) is 19.8 Å². The average Bonchev–Trinajstić information content (AvgIpc) is 2.27. The van der Waals surface area contributed by atoms with Crippen molar-refractivity contribution in [2.75, 3.05) is 19.8 Å². The third kappa shape index (κ3) is 3.25. The molecule has 16 heavy (non-hydrogen) atoms. The van der Waals surface area contributed by atoms with Crippen molar-refractivity contribution in [2.24, 2.45) is 0 Å². The fourth-order valence-electron chi connectivity index (χ4n) is 1.40. The molecule has 0 amide bonds. The molecule has 3 nitrogen and oxygen atoms in total. The van der Waals surface area contributed by atoms with Gasteiger partial charge in [0.25, 0.3) is 0 Å². The van der Waals surface area contributed by atoms with Gasteiger partial charge in [0, 0.05) is 0 Å². The molecule has 1 aromatic carbocycles. The van der Waals surface area contributed by atoms with Crippen molar-refractivity contribution >= 4 is 28.0 Å².